The van der Waals surface area contributed by atoms with Crippen molar-refractivity contribution in [1.29, 1.82) is 0 Å². The molecule has 0 saturated heterocycles. The van der Waals surface area contributed by atoms with Crippen LogP contribution in [0.1, 0.15) is 62.8 Å². The zero-order valence-electron chi connectivity index (χ0n) is 25.4. The highest BCUT2D eigenvalue weighted by Crippen LogP contribution is 2.26. The first-order valence-corrected chi connectivity index (χ1v) is 15.4. The third-order valence-electron chi connectivity index (χ3n) is 7.48. The lowest BCUT2D eigenvalue weighted by molar-refractivity contribution is -0.151. The van der Waals surface area contributed by atoms with E-state index in [-0.39, 0.29) is 5.97 Å². The molecule has 0 aliphatic carbocycles. The Labute approximate surface area is 251 Å². The lowest BCUT2D eigenvalue weighted by Crippen LogP contribution is -2.31. The van der Waals surface area contributed by atoms with E-state index in [0.717, 1.165) is 42.0 Å². The average Bonchev–Trinajstić information content (AvgIpc) is 3.38. The van der Waals surface area contributed by atoms with Gasteiger partial charge in [0.1, 0.15) is 11.5 Å². The van der Waals surface area contributed by atoms with E-state index in [2.05, 4.69) is 54.8 Å². The van der Waals surface area contributed by atoms with Crippen LogP contribution in [0.25, 0.3) is 11.3 Å². The molecule has 0 amide bonds. The summed E-state index contributed by atoms with van der Waals surface area (Å²) in [6.07, 6.45) is 6.94. The molecule has 42 heavy (non-hydrogen) atoms. The van der Waals surface area contributed by atoms with Gasteiger partial charge in [0.2, 0.25) is 0 Å². The Bertz CT molecular complexity index is 1340. The molecule has 0 aliphatic rings. The van der Waals surface area contributed by atoms with Gasteiger partial charge < -0.3 is 18.8 Å². The molecule has 0 spiro atoms. The topological polar surface area (TPSA) is 49.7 Å². The highest BCUT2D eigenvalue weighted by atomic mass is 16.6. The first-order chi connectivity index (χ1) is 20.6. The molecule has 0 bridgehead atoms. The Kier molecular flexibility index (Phi) is 12.1. The number of ether oxygens (including phenoxy) is 3. The number of carbonyl (C=O) groups excluding carboxylic acids is 1. The lowest BCUT2D eigenvalue weighted by Gasteiger charge is -2.18. The van der Waals surface area contributed by atoms with Gasteiger partial charge in [0.05, 0.1) is 13.2 Å². The molecule has 0 aliphatic heterocycles. The fourth-order valence-electron chi connectivity index (χ4n) is 5.14. The van der Waals surface area contributed by atoms with Crippen molar-refractivity contribution in [1.82, 2.24) is 4.57 Å². The number of unbranched alkanes of at least 4 members (excludes halogenated alkanes) is 3. The molecule has 0 unspecified atom stereocenters. The number of nitrogens with zero attached hydrogens (tertiary/aromatic N) is 1. The van der Waals surface area contributed by atoms with Gasteiger partial charge in [0.25, 0.3) is 0 Å². The highest BCUT2D eigenvalue weighted by molar-refractivity contribution is 5.75. The van der Waals surface area contributed by atoms with E-state index in [1.807, 2.05) is 61.5 Å². The van der Waals surface area contributed by atoms with Gasteiger partial charge in [0, 0.05) is 24.4 Å². The summed E-state index contributed by atoms with van der Waals surface area (Å²) in [5.74, 6) is 1.22. The van der Waals surface area contributed by atoms with Crippen LogP contribution in [-0.4, -0.2) is 29.9 Å². The number of esters is 1. The number of hydrogen-bond donors (Lipinski definition) is 0. The van der Waals surface area contributed by atoms with E-state index < -0.39 is 6.10 Å². The van der Waals surface area contributed by atoms with Crippen LogP contribution < -0.4 is 9.47 Å². The number of carbonyl (C=O) groups is 1. The van der Waals surface area contributed by atoms with Gasteiger partial charge in [-0.1, -0.05) is 68.7 Å². The molecule has 5 nitrogen and oxygen atoms in total. The molecule has 0 N–H and O–H groups in total. The molecule has 5 heteroatoms. The van der Waals surface area contributed by atoms with Crippen LogP contribution >= 0.6 is 0 Å². The molecular formula is C37H45NO4. The summed E-state index contributed by atoms with van der Waals surface area (Å²) in [6, 6.07) is 30.7. The van der Waals surface area contributed by atoms with Gasteiger partial charge >= 0.3 is 5.97 Å². The van der Waals surface area contributed by atoms with Crippen molar-refractivity contribution in [2.24, 2.45) is 0 Å². The first kappa shape index (κ1) is 31.0. The number of hydrogen-bond acceptors (Lipinski definition) is 4. The average molecular weight is 568 g/mol. The van der Waals surface area contributed by atoms with E-state index in [1.165, 1.54) is 36.9 Å². The van der Waals surface area contributed by atoms with Crippen LogP contribution in [0.15, 0.2) is 91.0 Å². The van der Waals surface area contributed by atoms with Crippen molar-refractivity contribution >= 4 is 5.97 Å². The van der Waals surface area contributed by atoms with Crippen molar-refractivity contribution in [3.63, 3.8) is 0 Å². The summed E-state index contributed by atoms with van der Waals surface area (Å²) in [5, 5.41) is 0. The molecule has 0 saturated carbocycles. The molecular weight excluding hydrogens is 522 g/mol. The molecule has 1 aromatic heterocycles. The van der Waals surface area contributed by atoms with Gasteiger partial charge in [-0.25, -0.2) is 4.79 Å². The minimum Gasteiger partial charge on any atom is -0.494 e. The maximum absolute atomic E-state index is 12.6. The maximum Gasteiger partial charge on any atom is 0.347 e. The van der Waals surface area contributed by atoms with Crippen LogP contribution in [0.2, 0.25) is 0 Å². The van der Waals surface area contributed by atoms with Crippen molar-refractivity contribution in [3.8, 4) is 22.8 Å². The summed E-state index contributed by atoms with van der Waals surface area (Å²) in [6.45, 7) is 8.04. The highest BCUT2D eigenvalue weighted by Gasteiger charge is 2.22. The van der Waals surface area contributed by atoms with Crippen molar-refractivity contribution in [2.45, 2.75) is 78.4 Å². The fourth-order valence-corrected chi connectivity index (χ4v) is 5.14. The minimum absolute atomic E-state index is 0.319. The van der Waals surface area contributed by atoms with Crippen LogP contribution in [0.4, 0.5) is 0 Å². The summed E-state index contributed by atoms with van der Waals surface area (Å²) in [5.41, 5.74) is 5.87. The summed E-state index contributed by atoms with van der Waals surface area (Å²) >= 11 is 0. The summed E-state index contributed by atoms with van der Waals surface area (Å²) in [7, 11) is 0. The second-order valence-electron chi connectivity index (χ2n) is 10.7. The van der Waals surface area contributed by atoms with E-state index in [1.54, 1.807) is 0 Å². The second-order valence-corrected chi connectivity index (χ2v) is 10.7. The van der Waals surface area contributed by atoms with Crippen molar-refractivity contribution < 1.29 is 19.0 Å². The molecule has 4 rings (SSSR count). The van der Waals surface area contributed by atoms with E-state index in [9.17, 15) is 4.79 Å². The zero-order chi connectivity index (χ0) is 29.6. The van der Waals surface area contributed by atoms with Crippen molar-refractivity contribution in [2.75, 3.05) is 13.2 Å². The molecule has 1 heterocycles. The standard InChI is InChI=1S/C37H45NO4/c1-4-6-7-9-13-30-17-21-33(22-18-30)41-27-12-26-38-29(3)16-25-35(38)32-19-23-34(24-20-32)42-36(37(39)40-5-2)28-31-14-10-8-11-15-31/h8,10-11,14-25,36H,4-7,9,12-13,26-28H2,1-3H3/t36-/m1/s1. The van der Waals surface area contributed by atoms with Crippen LogP contribution in [0.5, 0.6) is 11.5 Å². The quantitative estimate of drug-likeness (QED) is 0.0947. The van der Waals surface area contributed by atoms with Crippen LogP contribution in [0.3, 0.4) is 0 Å². The summed E-state index contributed by atoms with van der Waals surface area (Å²) < 4.78 is 19.8. The predicted molar refractivity (Wildman–Crippen MR) is 170 cm³/mol. The Morgan fingerprint density at radius 3 is 2.21 bits per heavy atom. The number of aryl methyl sites for hydroxylation is 2. The van der Waals surface area contributed by atoms with Gasteiger partial charge in [-0.15, -0.1) is 0 Å². The molecule has 222 valence electrons. The van der Waals surface area contributed by atoms with Crippen LogP contribution in [-0.2, 0) is 28.9 Å². The van der Waals surface area contributed by atoms with E-state index >= 15 is 0 Å². The van der Waals surface area contributed by atoms with Crippen molar-refractivity contribution in [3.05, 3.63) is 108 Å². The molecule has 0 radical (unpaired) electrons. The predicted octanol–water partition coefficient (Wildman–Crippen LogP) is 8.61. The van der Waals surface area contributed by atoms with Gasteiger partial charge in [-0.3, -0.25) is 0 Å². The Morgan fingerprint density at radius 2 is 1.50 bits per heavy atom. The SMILES string of the molecule is CCCCCCc1ccc(OCCCn2c(C)ccc2-c2ccc(O[C@H](Cc3ccccc3)C(=O)OCC)cc2)cc1. The lowest BCUT2D eigenvalue weighted by atomic mass is 10.1. The van der Waals surface area contributed by atoms with Gasteiger partial charge in [-0.2, -0.15) is 0 Å². The first-order valence-electron chi connectivity index (χ1n) is 15.4. The Hall–Kier alpha value is -3.99. The van der Waals surface area contributed by atoms with Gasteiger partial charge in [0.15, 0.2) is 6.10 Å². The minimum atomic E-state index is -0.702. The fraction of sp³-hybridized carbons (Fsp3) is 0.378. The zero-order valence-corrected chi connectivity index (χ0v) is 25.4. The molecule has 0 fully saturated rings. The maximum atomic E-state index is 12.6. The Morgan fingerprint density at radius 1 is 0.762 bits per heavy atom. The number of aromatic nitrogens is 1. The summed E-state index contributed by atoms with van der Waals surface area (Å²) in [4.78, 5) is 12.6. The number of rotatable bonds is 17. The monoisotopic (exact) mass is 567 g/mol. The molecule has 4 aromatic rings. The largest absolute Gasteiger partial charge is 0.494 e. The normalized spacial score (nSPS) is 11.7. The third-order valence-corrected chi connectivity index (χ3v) is 7.48. The molecule has 1 atom stereocenters. The third kappa shape index (κ3) is 9.27. The Balaban J connectivity index is 1.31. The second kappa shape index (κ2) is 16.5. The smallest absolute Gasteiger partial charge is 0.347 e. The van der Waals surface area contributed by atoms with E-state index in [0.29, 0.717) is 25.4 Å². The molecule has 3 aromatic carbocycles. The van der Waals surface area contributed by atoms with Gasteiger partial charge in [-0.05, 0) is 98.3 Å². The van der Waals surface area contributed by atoms with Crippen LogP contribution in [0, 0.1) is 6.92 Å². The van der Waals surface area contributed by atoms with E-state index in [4.69, 9.17) is 14.2 Å². The number of benzene rings is 3.